The van der Waals surface area contributed by atoms with Crippen LogP contribution < -0.4 is 5.32 Å². The maximum Gasteiger partial charge on any atom is 0.120 e. The first-order chi connectivity index (χ1) is 8.85. The zero-order valence-electron chi connectivity index (χ0n) is 11.1. The summed E-state index contributed by atoms with van der Waals surface area (Å²) in [5.74, 6) is 5.97. The van der Waals surface area contributed by atoms with Crippen molar-refractivity contribution in [2.75, 3.05) is 7.05 Å². The minimum atomic E-state index is 0.440. The Morgan fingerprint density at radius 2 is 1.78 bits per heavy atom. The van der Waals surface area contributed by atoms with Crippen LogP contribution in [0.15, 0.2) is 22.8 Å². The first kappa shape index (κ1) is 11.1. The molecule has 1 aromatic heterocycles. The molecular formula is C16H23NO. The van der Waals surface area contributed by atoms with Gasteiger partial charge < -0.3 is 9.73 Å². The van der Waals surface area contributed by atoms with Gasteiger partial charge in [-0.2, -0.15) is 0 Å². The van der Waals surface area contributed by atoms with Gasteiger partial charge in [-0.3, -0.25) is 0 Å². The molecule has 0 aliphatic heterocycles. The zero-order valence-corrected chi connectivity index (χ0v) is 11.1. The van der Waals surface area contributed by atoms with Gasteiger partial charge in [0, 0.05) is 0 Å². The molecule has 0 aromatic carbocycles. The summed E-state index contributed by atoms with van der Waals surface area (Å²) >= 11 is 0. The number of hydrogen-bond donors (Lipinski definition) is 1. The van der Waals surface area contributed by atoms with Gasteiger partial charge in [-0.05, 0) is 80.9 Å². The molecule has 4 saturated carbocycles. The molecule has 1 unspecified atom stereocenters. The van der Waals surface area contributed by atoms with Crippen molar-refractivity contribution in [1.82, 2.24) is 5.32 Å². The van der Waals surface area contributed by atoms with Crippen LogP contribution in [-0.4, -0.2) is 7.05 Å². The fourth-order valence-corrected chi connectivity index (χ4v) is 5.50. The molecule has 4 fully saturated rings. The molecule has 4 aliphatic rings. The van der Waals surface area contributed by atoms with Crippen molar-refractivity contribution in [1.29, 1.82) is 0 Å². The van der Waals surface area contributed by atoms with Gasteiger partial charge >= 0.3 is 0 Å². The third-order valence-electron chi connectivity index (χ3n) is 5.85. The number of furan rings is 1. The summed E-state index contributed by atoms with van der Waals surface area (Å²) in [5.41, 5.74) is 0. The topological polar surface area (TPSA) is 25.2 Å². The monoisotopic (exact) mass is 245 g/mol. The molecule has 0 saturated heterocycles. The van der Waals surface area contributed by atoms with Gasteiger partial charge in [0.05, 0.1) is 12.3 Å². The third kappa shape index (κ3) is 1.58. The molecule has 0 spiro atoms. The summed E-state index contributed by atoms with van der Waals surface area (Å²) in [6, 6.07) is 4.61. The summed E-state index contributed by atoms with van der Waals surface area (Å²) in [6.07, 6.45) is 9.28. The van der Waals surface area contributed by atoms with Crippen molar-refractivity contribution in [3.63, 3.8) is 0 Å². The van der Waals surface area contributed by atoms with E-state index in [0.717, 1.165) is 35.3 Å². The second kappa shape index (κ2) is 4.12. The number of rotatable bonds is 3. The van der Waals surface area contributed by atoms with Crippen LogP contribution in [0.3, 0.4) is 0 Å². The molecule has 18 heavy (non-hydrogen) atoms. The van der Waals surface area contributed by atoms with E-state index in [-0.39, 0.29) is 0 Å². The highest BCUT2D eigenvalue weighted by Crippen LogP contribution is 2.59. The molecule has 1 N–H and O–H groups in total. The molecule has 0 amide bonds. The van der Waals surface area contributed by atoms with E-state index >= 15 is 0 Å². The summed E-state index contributed by atoms with van der Waals surface area (Å²) in [6.45, 7) is 0. The fraction of sp³-hybridized carbons (Fsp3) is 0.750. The van der Waals surface area contributed by atoms with Gasteiger partial charge in [0.25, 0.3) is 0 Å². The Kier molecular flexibility index (Phi) is 2.54. The van der Waals surface area contributed by atoms with Crippen molar-refractivity contribution in [2.45, 2.75) is 38.1 Å². The molecule has 4 bridgehead atoms. The lowest BCUT2D eigenvalue weighted by molar-refractivity contribution is -0.0542. The predicted octanol–water partition coefficient (Wildman–Crippen LogP) is 3.61. The lowest BCUT2D eigenvalue weighted by Gasteiger charge is -2.56. The molecule has 5 rings (SSSR count). The van der Waals surface area contributed by atoms with Crippen molar-refractivity contribution in [3.05, 3.63) is 24.2 Å². The lowest BCUT2D eigenvalue weighted by atomic mass is 9.50. The minimum absolute atomic E-state index is 0.440. The molecule has 2 heteroatoms. The quantitative estimate of drug-likeness (QED) is 0.880. The molecule has 98 valence electrons. The van der Waals surface area contributed by atoms with E-state index in [1.165, 1.54) is 32.1 Å². The first-order valence-electron chi connectivity index (χ1n) is 7.56. The van der Waals surface area contributed by atoms with E-state index in [9.17, 15) is 0 Å². The standard InChI is InChI=1S/C16H23NO/c1-17-16(14-3-2-4-18-14)15-12-6-10-5-11(8-12)9-13(15)7-10/h2-4,10-13,15-17H,5-9H2,1H3. The normalized spacial score (nSPS) is 43.3. The molecule has 1 atom stereocenters. The fourth-order valence-electron chi connectivity index (χ4n) is 5.50. The average molecular weight is 245 g/mol. The van der Waals surface area contributed by atoms with Crippen LogP contribution in [0.25, 0.3) is 0 Å². The van der Waals surface area contributed by atoms with Crippen LogP contribution in [0.5, 0.6) is 0 Å². The predicted molar refractivity (Wildman–Crippen MR) is 71.0 cm³/mol. The molecule has 2 nitrogen and oxygen atoms in total. The van der Waals surface area contributed by atoms with Crippen molar-refractivity contribution in [2.24, 2.45) is 29.6 Å². The maximum atomic E-state index is 5.68. The summed E-state index contributed by atoms with van der Waals surface area (Å²) in [7, 11) is 2.10. The van der Waals surface area contributed by atoms with Crippen LogP contribution >= 0.6 is 0 Å². The van der Waals surface area contributed by atoms with Crippen molar-refractivity contribution < 1.29 is 4.42 Å². The van der Waals surface area contributed by atoms with Gasteiger partial charge in [0.2, 0.25) is 0 Å². The number of nitrogens with one attached hydrogen (secondary N) is 1. The molecule has 1 aromatic rings. The zero-order chi connectivity index (χ0) is 12.1. The van der Waals surface area contributed by atoms with Gasteiger partial charge in [0.1, 0.15) is 5.76 Å². The first-order valence-corrected chi connectivity index (χ1v) is 7.56. The maximum absolute atomic E-state index is 5.68. The minimum Gasteiger partial charge on any atom is -0.468 e. The van der Waals surface area contributed by atoms with E-state index in [1.807, 2.05) is 12.3 Å². The van der Waals surface area contributed by atoms with Crippen LogP contribution in [0, 0.1) is 29.6 Å². The Hall–Kier alpha value is -0.760. The second-order valence-corrected chi connectivity index (χ2v) is 6.79. The van der Waals surface area contributed by atoms with E-state index in [0.29, 0.717) is 6.04 Å². The van der Waals surface area contributed by atoms with Crippen LogP contribution in [-0.2, 0) is 0 Å². The van der Waals surface area contributed by atoms with E-state index in [4.69, 9.17) is 4.42 Å². The number of hydrogen-bond acceptors (Lipinski definition) is 2. The average Bonchev–Trinajstić information content (AvgIpc) is 2.86. The third-order valence-corrected chi connectivity index (χ3v) is 5.85. The molecule has 0 radical (unpaired) electrons. The Balaban J connectivity index is 1.64. The Labute approximate surface area is 109 Å². The smallest absolute Gasteiger partial charge is 0.120 e. The molecule has 4 aliphatic carbocycles. The highest BCUT2D eigenvalue weighted by atomic mass is 16.3. The van der Waals surface area contributed by atoms with Gasteiger partial charge in [0.15, 0.2) is 0 Å². The van der Waals surface area contributed by atoms with Gasteiger partial charge in [-0.1, -0.05) is 0 Å². The van der Waals surface area contributed by atoms with Crippen molar-refractivity contribution in [3.8, 4) is 0 Å². The van der Waals surface area contributed by atoms with E-state index in [1.54, 1.807) is 0 Å². The highest BCUT2D eigenvalue weighted by molar-refractivity contribution is 5.11. The van der Waals surface area contributed by atoms with E-state index < -0.39 is 0 Å². The van der Waals surface area contributed by atoms with Crippen molar-refractivity contribution >= 4 is 0 Å². The Morgan fingerprint density at radius 1 is 1.11 bits per heavy atom. The summed E-state index contributed by atoms with van der Waals surface area (Å²) < 4.78 is 5.68. The highest BCUT2D eigenvalue weighted by Gasteiger charge is 2.50. The van der Waals surface area contributed by atoms with Gasteiger partial charge in [-0.15, -0.1) is 0 Å². The van der Waals surface area contributed by atoms with Gasteiger partial charge in [-0.25, -0.2) is 0 Å². The Bertz CT molecular complexity index is 383. The molecular weight excluding hydrogens is 222 g/mol. The van der Waals surface area contributed by atoms with Crippen LogP contribution in [0.1, 0.15) is 43.9 Å². The largest absolute Gasteiger partial charge is 0.468 e. The molecule has 1 heterocycles. The SMILES string of the molecule is CNC(c1ccco1)C1C2CC3CC(C2)CC1C3. The van der Waals surface area contributed by atoms with Crippen LogP contribution in [0.4, 0.5) is 0 Å². The Morgan fingerprint density at radius 3 is 2.28 bits per heavy atom. The second-order valence-electron chi connectivity index (χ2n) is 6.79. The lowest BCUT2D eigenvalue weighted by Crippen LogP contribution is -2.49. The van der Waals surface area contributed by atoms with Crippen LogP contribution in [0.2, 0.25) is 0 Å². The summed E-state index contributed by atoms with van der Waals surface area (Å²) in [5, 5.41) is 3.54. The summed E-state index contributed by atoms with van der Waals surface area (Å²) in [4.78, 5) is 0. The van der Waals surface area contributed by atoms with E-state index in [2.05, 4.69) is 18.4 Å².